The van der Waals surface area contributed by atoms with Gasteiger partial charge >= 0.3 is 0 Å². The van der Waals surface area contributed by atoms with Gasteiger partial charge in [0.15, 0.2) is 0 Å². The summed E-state index contributed by atoms with van der Waals surface area (Å²) < 4.78 is 0. The van der Waals surface area contributed by atoms with Crippen LogP contribution < -0.4 is 0 Å². The average Bonchev–Trinajstić information content (AvgIpc) is 2.85. The zero-order valence-electron chi connectivity index (χ0n) is 19.3. The lowest BCUT2D eigenvalue weighted by molar-refractivity contribution is -0.384. The molecule has 3 atom stereocenters. The van der Waals surface area contributed by atoms with E-state index in [4.69, 9.17) is 0 Å². The molecular weight excluding hydrogens is 430 g/mol. The molecule has 0 spiro atoms. The highest BCUT2D eigenvalue weighted by molar-refractivity contribution is 5.94. The maximum Gasteiger partial charge on any atom is 0.269 e. The van der Waals surface area contributed by atoms with Crippen LogP contribution in [0.15, 0.2) is 78.9 Å². The van der Waals surface area contributed by atoms with Gasteiger partial charge in [0.2, 0.25) is 0 Å². The van der Waals surface area contributed by atoms with E-state index in [0.717, 1.165) is 29.2 Å². The Balaban J connectivity index is 1.76. The highest BCUT2D eigenvalue weighted by atomic mass is 16.6. The van der Waals surface area contributed by atoms with E-state index in [1.165, 1.54) is 35.9 Å². The number of hydrogen-bond acceptors (Lipinski definition) is 5. The summed E-state index contributed by atoms with van der Waals surface area (Å²) >= 11 is 0. The Morgan fingerprint density at radius 1 is 1.03 bits per heavy atom. The number of aliphatic hydroxyl groups is 2. The fraction of sp³-hybridized carbons (Fsp3) is 0.286. The molecule has 0 heterocycles. The number of non-ortho nitro benzene ring substituents is 1. The van der Waals surface area contributed by atoms with E-state index in [1.54, 1.807) is 6.07 Å². The van der Waals surface area contributed by atoms with Gasteiger partial charge in [-0.1, -0.05) is 61.4 Å². The van der Waals surface area contributed by atoms with Crippen LogP contribution in [0.4, 0.5) is 5.69 Å². The van der Waals surface area contributed by atoms with Crippen molar-refractivity contribution in [3.8, 4) is 5.75 Å². The maximum absolute atomic E-state index is 10.9. The smallest absolute Gasteiger partial charge is 0.269 e. The molecule has 6 heteroatoms. The van der Waals surface area contributed by atoms with E-state index in [9.17, 15) is 25.4 Å². The van der Waals surface area contributed by atoms with Crippen molar-refractivity contribution in [3.63, 3.8) is 0 Å². The SMILES string of the molecule is C=C[C@H]([C@H](O)CC/C(=C/c1ccc(O)c2ccccc12)CCC)[C@H](O)c1ccc([N+](=O)[O-])cc1. The minimum atomic E-state index is -1.02. The molecule has 0 aromatic heterocycles. The molecule has 0 fully saturated rings. The van der Waals surface area contributed by atoms with Crippen LogP contribution in [0.1, 0.15) is 49.8 Å². The van der Waals surface area contributed by atoms with E-state index in [2.05, 4.69) is 19.6 Å². The van der Waals surface area contributed by atoms with Gasteiger partial charge in [-0.3, -0.25) is 10.1 Å². The van der Waals surface area contributed by atoms with Crippen molar-refractivity contribution in [2.45, 2.75) is 44.8 Å². The number of phenols is 1. The maximum atomic E-state index is 10.9. The van der Waals surface area contributed by atoms with Gasteiger partial charge < -0.3 is 15.3 Å². The number of allylic oxidation sites excluding steroid dienone is 1. The first-order valence-electron chi connectivity index (χ1n) is 11.5. The summed E-state index contributed by atoms with van der Waals surface area (Å²) in [6, 6.07) is 17.0. The molecule has 3 rings (SSSR count). The van der Waals surface area contributed by atoms with Crippen LogP contribution in [0, 0.1) is 16.0 Å². The van der Waals surface area contributed by atoms with Crippen LogP contribution in [-0.2, 0) is 0 Å². The summed E-state index contributed by atoms with van der Waals surface area (Å²) in [7, 11) is 0. The van der Waals surface area contributed by atoms with Gasteiger partial charge in [0.1, 0.15) is 5.75 Å². The molecule has 178 valence electrons. The third-order valence-electron chi connectivity index (χ3n) is 6.15. The molecule has 0 saturated carbocycles. The first-order chi connectivity index (χ1) is 16.3. The Morgan fingerprint density at radius 3 is 2.32 bits per heavy atom. The highest BCUT2D eigenvalue weighted by Crippen LogP contribution is 2.32. The predicted molar refractivity (Wildman–Crippen MR) is 135 cm³/mol. The molecule has 0 aliphatic heterocycles. The number of aromatic hydroxyl groups is 1. The number of hydrogen-bond donors (Lipinski definition) is 3. The number of nitro groups is 1. The van der Waals surface area contributed by atoms with Crippen molar-refractivity contribution in [3.05, 3.63) is 100 Å². The second-order valence-electron chi connectivity index (χ2n) is 8.48. The van der Waals surface area contributed by atoms with E-state index in [-0.39, 0.29) is 11.4 Å². The van der Waals surface area contributed by atoms with Gasteiger partial charge in [-0.25, -0.2) is 0 Å². The summed E-state index contributed by atoms with van der Waals surface area (Å²) in [6.45, 7) is 5.88. The lowest BCUT2D eigenvalue weighted by atomic mass is 9.87. The van der Waals surface area contributed by atoms with Crippen LogP contribution in [0.2, 0.25) is 0 Å². The molecule has 0 unspecified atom stereocenters. The molecule has 34 heavy (non-hydrogen) atoms. The minimum absolute atomic E-state index is 0.0530. The van der Waals surface area contributed by atoms with E-state index >= 15 is 0 Å². The highest BCUT2D eigenvalue weighted by Gasteiger charge is 2.26. The van der Waals surface area contributed by atoms with Crippen LogP contribution >= 0.6 is 0 Å². The van der Waals surface area contributed by atoms with Crippen molar-refractivity contribution < 1.29 is 20.2 Å². The van der Waals surface area contributed by atoms with Crippen molar-refractivity contribution in [1.82, 2.24) is 0 Å². The molecule has 3 N–H and O–H groups in total. The Labute approximate surface area is 199 Å². The number of aliphatic hydroxyl groups excluding tert-OH is 2. The first kappa shape index (κ1) is 25.1. The Bertz CT molecular complexity index is 1170. The second kappa shape index (κ2) is 11.6. The van der Waals surface area contributed by atoms with Crippen LogP contribution in [-0.4, -0.2) is 26.3 Å². The quantitative estimate of drug-likeness (QED) is 0.176. The lowest BCUT2D eigenvalue weighted by Crippen LogP contribution is -2.25. The number of rotatable bonds is 11. The van der Waals surface area contributed by atoms with Crippen molar-refractivity contribution >= 4 is 22.5 Å². The lowest BCUT2D eigenvalue weighted by Gasteiger charge is -2.25. The summed E-state index contributed by atoms with van der Waals surface area (Å²) in [5.74, 6) is -0.367. The zero-order chi connectivity index (χ0) is 24.7. The van der Waals surface area contributed by atoms with Crippen molar-refractivity contribution in [2.24, 2.45) is 5.92 Å². The molecule has 6 nitrogen and oxygen atoms in total. The molecule has 3 aromatic rings. The number of benzene rings is 3. The van der Waals surface area contributed by atoms with Gasteiger partial charge in [-0.15, -0.1) is 6.58 Å². The van der Waals surface area contributed by atoms with Gasteiger partial charge in [-0.05, 0) is 54.0 Å². The van der Waals surface area contributed by atoms with Crippen molar-refractivity contribution in [1.29, 1.82) is 0 Å². The second-order valence-corrected chi connectivity index (χ2v) is 8.48. The number of nitro benzene ring substituents is 1. The molecule has 0 radical (unpaired) electrons. The summed E-state index contributed by atoms with van der Waals surface area (Å²) in [6.07, 6.45) is 4.69. The molecule has 0 saturated heterocycles. The normalized spacial score (nSPS) is 14.5. The molecule has 0 aliphatic rings. The summed E-state index contributed by atoms with van der Waals surface area (Å²) in [4.78, 5) is 10.4. The Hall–Kier alpha value is -3.48. The van der Waals surface area contributed by atoms with Gasteiger partial charge in [0.05, 0.1) is 17.1 Å². The topological polar surface area (TPSA) is 104 Å². The van der Waals surface area contributed by atoms with Crippen LogP contribution in [0.5, 0.6) is 5.75 Å². The van der Waals surface area contributed by atoms with Gasteiger partial charge in [0.25, 0.3) is 5.69 Å². The summed E-state index contributed by atoms with van der Waals surface area (Å²) in [5, 5.41) is 44.5. The largest absolute Gasteiger partial charge is 0.507 e. The van der Waals surface area contributed by atoms with E-state index in [0.29, 0.717) is 18.4 Å². The standard InChI is InChI=1S/C28H31NO5/c1-3-7-19(18-21-13-17-27(31)25-9-6-5-8-24(21)25)10-16-26(30)23(4-2)28(32)20-11-14-22(15-12-20)29(33)34/h4-6,8-9,11-15,17-18,23,26,28,30-32H,2-3,7,10,16H2,1H3/b19-18+/t23-,26-,28-/m1/s1. The Morgan fingerprint density at radius 2 is 1.71 bits per heavy atom. The van der Waals surface area contributed by atoms with Gasteiger partial charge in [0, 0.05) is 23.4 Å². The van der Waals surface area contributed by atoms with Crippen molar-refractivity contribution in [2.75, 3.05) is 0 Å². The van der Waals surface area contributed by atoms with Gasteiger partial charge in [-0.2, -0.15) is 0 Å². The fourth-order valence-electron chi connectivity index (χ4n) is 4.28. The number of nitrogens with zero attached hydrogens (tertiary/aromatic N) is 1. The molecule has 0 amide bonds. The Kier molecular flexibility index (Phi) is 8.57. The predicted octanol–water partition coefficient (Wildman–Crippen LogP) is 6.31. The molecule has 3 aromatic carbocycles. The summed E-state index contributed by atoms with van der Waals surface area (Å²) in [5.41, 5.74) is 2.62. The molecule has 0 aliphatic carbocycles. The zero-order valence-corrected chi connectivity index (χ0v) is 19.3. The molecular formula is C28H31NO5. The minimum Gasteiger partial charge on any atom is -0.507 e. The third kappa shape index (κ3) is 5.90. The molecule has 0 bridgehead atoms. The number of fused-ring (bicyclic) bond motifs is 1. The van der Waals surface area contributed by atoms with Crippen LogP contribution in [0.3, 0.4) is 0 Å². The number of phenolic OH excluding ortho intramolecular Hbond substituents is 1. The van der Waals surface area contributed by atoms with E-state index in [1.807, 2.05) is 30.3 Å². The van der Waals surface area contributed by atoms with E-state index < -0.39 is 23.0 Å². The monoisotopic (exact) mass is 461 g/mol. The van der Waals surface area contributed by atoms with Crippen LogP contribution in [0.25, 0.3) is 16.8 Å². The third-order valence-corrected chi connectivity index (χ3v) is 6.15. The fourth-order valence-corrected chi connectivity index (χ4v) is 4.28. The average molecular weight is 462 g/mol. The first-order valence-corrected chi connectivity index (χ1v) is 11.5.